The molecule has 2 heterocycles. The van der Waals surface area contributed by atoms with Crippen LogP contribution in [0.5, 0.6) is 5.75 Å². The van der Waals surface area contributed by atoms with Crippen molar-refractivity contribution >= 4 is 17.4 Å². The fraction of sp³-hybridized carbons (Fsp3) is 0.294. The molecular weight excluding hydrogens is 341 g/mol. The molecule has 8 nitrogen and oxygen atoms in total. The molecule has 0 bridgehead atoms. The lowest BCUT2D eigenvalue weighted by Crippen LogP contribution is -2.39. The summed E-state index contributed by atoms with van der Waals surface area (Å²) in [5, 5.41) is 24.0. The molecule has 0 unspecified atom stereocenters. The molecule has 1 aromatic heterocycles. The SMILES string of the molecule is CC(C)c1ccc(NCc2cc(O)c(N3CC(=O)NN3O)c(F)c2)nc1. The van der Waals surface area contributed by atoms with Gasteiger partial charge in [0.05, 0.1) is 0 Å². The number of benzene rings is 1. The number of hydrogen-bond donors (Lipinski definition) is 4. The van der Waals surface area contributed by atoms with Crippen LogP contribution in [-0.4, -0.2) is 33.0 Å². The summed E-state index contributed by atoms with van der Waals surface area (Å²) in [5.41, 5.74) is 3.39. The third-order valence-electron chi connectivity index (χ3n) is 4.03. The van der Waals surface area contributed by atoms with Crippen LogP contribution in [0.15, 0.2) is 30.5 Å². The fourth-order valence-corrected chi connectivity index (χ4v) is 2.62. The van der Waals surface area contributed by atoms with Crippen molar-refractivity contribution in [2.75, 3.05) is 16.9 Å². The molecule has 9 heteroatoms. The highest BCUT2D eigenvalue weighted by Crippen LogP contribution is 2.33. The topological polar surface area (TPSA) is 101 Å². The highest BCUT2D eigenvalue weighted by Gasteiger charge is 2.31. The van der Waals surface area contributed by atoms with Gasteiger partial charge in [0.15, 0.2) is 5.82 Å². The first-order valence-corrected chi connectivity index (χ1v) is 8.12. The van der Waals surface area contributed by atoms with E-state index in [-0.39, 0.29) is 24.5 Å². The number of carbonyl (C=O) groups is 1. The summed E-state index contributed by atoms with van der Waals surface area (Å²) in [7, 11) is 0. The Morgan fingerprint density at radius 2 is 2.15 bits per heavy atom. The average Bonchev–Trinajstić information content (AvgIpc) is 2.91. The van der Waals surface area contributed by atoms with Crippen molar-refractivity contribution in [1.29, 1.82) is 0 Å². The molecule has 0 aliphatic carbocycles. The van der Waals surface area contributed by atoms with Crippen LogP contribution in [0.25, 0.3) is 0 Å². The Kier molecular flexibility index (Phi) is 4.92. The van der Waals surface area contributed by atoms with Crippen LogP contribution in [0, 0.1) is 5.82 Å². The maximum absolute atomic E-state index is 14.4. The van der Waals surface area contributed by atoms with Gasteiger partial charge in [-0.2, -0.15) is 0 Å². The van der Waals surface area contributed by atoms with E-state index in [1.54, 1.807) is 6.20 Å². The van der Waals surface area contributed by atoms with Crippen LogP contribution in [0.4, 0.5) is 15.9 Å². The van der Waals surface area contributed by atoms with Gasteiger partial charge in [-0.1, -0.05) is 19.9 Å². The van der Waals surface area contributed by atoms with Crippen LogP contribution in [0.1, 0.15) is 30.9 Å². The molecule has 138 valence electrons. The Labute approximate surface area is 149 Å². The summed E-state index contributed by atoms with van der Waals surface area (Å²) in [6, 6.07) is 6.39. The van der Waals surface area contributed by atoms with Gasteiger partial charge in [0.25, 0.3) is 5.91 Å². The normalized spacial score (nSPS) is 14.8. The number of halogens is 1. The molecule has 0 atom stereocenters. The second-order valence-corrected chi connectivity index (χ2v) is 6.31. The predicted octanol–water partition coefficient (Wildman–Crippen LogP) is 2.12. The van der Waals surface area contributed by atoms with E-state index in [4.69, 9.17) is 0 Å². The third kappa shape index (κ3) is 3.68. The number of anilines is 2. The first-order valence-electron chi connectivity index (χ1n) is 8.12. The quantitative estimate of drug-likeness (QED) is 0.647. The molecule has 0 radical (unpaired) electrons. The van der Waals surface area contributed by atoms with Crippen LogP contribution >= 0.6 is 0 Å². The van der Waals surface area contributed by atoms with Gasteiger partial charge in [0.1, 0.15) is 23.8 Å². The lowest BCUT2D eigenvalue weighted by atomic mass is 10.1. The monoisotopic (exact) mass is 361 g/mol. The number of phenolic OH excluding ortho intramolecular Hbond substituents is 1. The van der Waals surface area contributed by atoms with Crippen molar-refractivity contribution in [2.45, 2.75) is 26.3 Å². The van der Waals surface area contributed by atoms with E-state index in [0.29, 0.717) is 22.6 Å². The number of nitrogens with one attached hydrogen (secondary N) is 2. The van der Waals surface area contributed by atoms with E-state index in [1.807, 2.05) is 12.1 Å². The van der Waals surface area contributed by atoms with Gasteiger partial charge in [0.2, 0.25) is 0 Å². The first kappa shape index (κ1) is 17.9. The van der Waals surface area contributed by atoms with Crippen LogP contribution in [0.2, 0.25) is 0 Å². The molecular formula is C17H20FN5O3. The summed E-state index contributed by atoms with van der Waals surface area (Å²) in [5.74, 6) is -0.656. The van der Waals surface area contributed by atoms with Crippen molar-refractivity contribution in [3.05, 3.63) is 47.4 Å². The molecule has 4 N–H and O–H groups in total. The molecule has 26 heavy (non-hydrogen) atoms. The Balaban J connectivity index is 1.72. The zero-order chi connectivity index (χ0) is 18.8. The summed E-state index contributed by atoms with van der Waals surface area (Å²) in [6.45, 7) is 4.10. The minimum Gasteiger partial charge on any atom is -0.506 e. The van der Waals surface area contributed by atoms with Crippen molar-refractivity contribution in [1.82, 2.24) is 15.7 Å². The summed E-state index contributed by atoms with van der Waals surface area (Å²) >= 11 is 0. The molecule has 2 aromatic rings. The van der Waals surface area contributed by atoms with Crippen molar-refractivity contribution in [3.8, 4) is 5.75 Å². The third-order valence-corrected chi connectivity index (χ3v) is 4.03. The molecule has 1 amide bonds. The van der Waals surface area contributed by atoms with Gasteiger partial charge >= 0.3 is 0 Å². The van der Waals surface area contributed by atoms with Crippen molar-refractivity contribution in [3.63, 3.8) is 0 Å². The summed E-state index contributed by atoms with van der Waals surface area (Å²) in [4.78, 5) is 15.6. The fourth-order valence-electron chi connectivity index (χ4n) is 2.62. The molecule has 1 aliphatic heterocycles. The van der Waals surface area contributed by atoms with Gasteiger partial charge < -0.3 is 10.4 Å². The van der Waals surface area contributed by atoms with Gasteiger partial charge in [-0.15, -0.1) is 0 Å². The number of aromatic hydroxyl groups is 1. The molecule has 1 saturated heterocycles. The van der Waals surface area contributed by atoms with Crippen LogP contribution in [0.3, 0.4) is 0 Å². The molecule has 1 aliphatic rings. The average molecular weight is 361 g/mol. The van der Waals surface area contributed by atoms with Gasteiger partial charge in [0, 0.05) is 12.7 Å². The van der Waals surface area contributed by atoms with E-state index < -0.39 is 11.7 Å². The number of pyridine rings is 1. The highest BCUT2D eigenvalue weighted by atomic mass is 19.1. The lowest BCUT2D eigenvalue weighted by Gasteiger charge is -2.23. The lowest BCUT2D eigenvalue weighted by molar-refractivity contribution is -0.144. The molecule has 3 rings (SSSR count). The Morgan fingerprint density at radius 3 is 2.69 bits per heavy atom. The Morgan fingerprint density at radius 1 is 1.38 bits per heavy atom. The zero-order valence-corrected chi connectivity index (χ0v) is 14.4. The number of hydrazine groups is 2. The van der Waals surface area contributed by atoms with Gasteiger partial charge in [-0.05, 0) is 40.5 Å². The highest BCUT2D eigenvalue weighted by molar-refractivity contribution is 5.84. The van der Waals surface area contributed by atoms with Crippen molar-refractivity contribution < 1.29 is 19.5 Å². The Hall–Kier alpha value is -2.91. The molecule has 0 spiro atoms. The minimum atomic E-state index is -0.763. The Bertz CT molecular complexity index is 790. The first-order chi connectivity index (χ1) is 12.3. The van der Waals surface area contributed by atoms with E-state index in [0.717, 1.165) is 10.6 Å². The van der Waals surface area contributed by atoms with E-state index >= 15 is 0 Å². The second kappa shape index (κ2) is 7.14. The standard InChI is InChI=1S/C17H20FN5O3/c1-10(2)12-3-4-15(20-8-12)19-7-11-5-13(18)17(14(24)6-11)22-9-16(25)21-23(22)26/h3-6,8,10,24,26H,7,9H2,1-2H3,(H,19,20)(H,21,25). The number of aromatic nitrogens is 1. The largest absolute Gasteiger partial charge is 0.506 e. The second-order valence-electron chi connectivity index (χ2n) is 6.31. The number of phenols is 1. The molecule has 1 fully saturated rings. The number of rotatable bonds is 5. The van der Waals surface area contributed by atoms with Gasteiger partial charge in [-0.25, -0.2) is 19.8 Å². The predicted molar refractivity (Wildman–Crippen MR) is 92.8 cm³/mol. The van der Waals surface area contributed by atoms with Crippen LogP contribution in [-0.2, 0) is 11.3 Å². The van der Waals surface area contributed by atoms with Gasteiger partial charge in [-0.3, -0.25) is 10.0 Å². The zero-order valence-electron chi connectivity index (χ0n) is 14.4. The summed E-state index contributed by atoms with van der Waals surface area (Å²) < 4.78 is 14.4. The molecule has 0 saturated carbocycles. The van der Waals surface area contributed by atoms with E-state index in [2.05, 4.69) is 29.6 Å². The van der Waals surface area contributed by atoms with E-state index in [9.17, 15) is 19.5 Å². The maximum Gasteiger partial charge on any atom is 0.258 e. The van der Waals surface area contributed by atoms with E-state index in [1.165, 1.54) is 12.1 Å². The number of hydrogen-bond acceptors (Lipinski definition) is 7. The molecule has 1 aromatic carbocycles. The van der Waals surface area contributed by atoms with Crippen LogP contribution < -0.4 is 15.8 Å². The number of amides is 1. The smallest absolute Gasteiger partial charge is 0.258 e. The summed E-state index contributed by atoms with van der Waals surface area (Å²) in [6.07, 6.45) is 1.78. The maximum atomic E-state index is 14.4. The number of carbonyl (C=O) groups excluding carboxylic acids is 1. The van der Waals surface area contributed by atoms with Crippen molar-refractivity contribution in [2.24, 2.45) is 0 Å². The minimum absolute atomic E-state index is 0.249. The number of nitrogens with zero attached hydrogens (tertiary/aromatic N) is 3.